The topological polar surface area (TPSA) is 90.0 Å². The Morgan fingerprint density at radius 2 is 1.73 bits per heavy atom. The average Bonchev–Trinajstić information content (AvgIpc) is 3.03. The van der Waals surface area contributed by atoms with E-state index in [9.17, 15) is 18.0 Å². The van der Waals surface area contributed by atoms with Crippen LogP contribution >= 0.6 is 0 Å². The summed E-state index contributed by atoms with van der Waals surface area (Å²) in [5.41, 5.74) is 0. The van der Waals surface area contributed by atoms with Gasteiger partial charge in [-0.15, -0.1) is 0 Å². The number of urea groups is 1. The number of fused-ring (bicyclic) bond motifs is 1. The molecule has 22 heavy (non-hydrogen) atoms. The maximum atomic E-state index is 11.9. The molecule has 0 aromatic rings. The van der Waals surface area contributed by atoms with Crippen molar-refractivity contribution in [1.29, 1.82) is 0 Å². The number of carbonyl (C=O) groups is 2. The van der Waals surface area contributed by atoms with Gasteiger partial charge in [-0.05, 0) is 18.8 Å². The third-order valence-electron chi connectivity index (χ3n) is 5.02. The number of nitrogens with zero attached hydrogens (tertiary/aromatic N) is 3. The first-order chi connectivity index (χ1) is 10.3. The molecule has 3 fully saturated rings. The number of carbonyl (C=O) groups excluding carboxylic acids is 2. The average molecular weight is 330 g/mol. The molecule has 0 aliphatic carbocycles. The summed E-state index contributed by atoms with van der Waals surface area (Å²) in [6.07, 6.45) is 0.0107. The van der Waals surface area contributed by atoms with Gasteiger partial charge < -0.3 is 5.32 Å². The molecule has 3 unspecified atom stereocenters. The lowest BCUT2D eigenvalue weighted by Gasteiger charge is -2.35. The summed E-state index contributed by atoms with van der Waals surface area (Å²) in [7, 11) is -1.65. The van der Waals surface area contributed by atoms with Gasteiger partial charge in [0, 0.05) is 33.2 Å². The molecule has 0 bridgehead atoms. The molecule has 3 rings (SSSR count). The van der Waals surface area contributed by atoms with Crippen molar-refractivity contribution in [2.75, 3.05) is 39.0 Å². The Kier molecular flexibility index (Phi) is 3.90. The predicted octanol–water partition coefficient (Wildman–Crippen LogP) is -0.902. The Hall–Kier alpha value is -1.19. The lowest BCUT2D eigenvalue weighted by Crippen LogP contribution is -2.59. The third-order valence-corrected chi connectivity index (χ3v) is 6.83. The van der Waals surface area contributed by atoms with E-state index < -0.39 is 10.0 Å². The highest BCUT2D eigenvalue weighted by Crippen LogP contribution is 2.34. The van der Waals surface area contributed by atoms with Crippen molar-refractivity contribution in [2.45, 2.75) is 19.5 Å². The molecule has 3 atom stereocenters. The molecule has 0 radical (unpaired) electrons. The van der Waals surface area contributed by atoms with Crippen LogP contribution in [0.25, 0.3) is 0 Å². The molecule has 0 aromatic heterocycles. The highest BCUT2D eigenvalue weighted by atomic mass is 32.2. The van der Waals surface area contributed by atoms with E-state index in [2.05, 4.69) is 10.2 Å². The van der Waals surface area contributed by atoms with Crippen molar-refractivity contribution in [3.05, 3.63) is 0 Å². The summed E-state index contributed by atoms with van der Waals surface area (Å²) >= 11 is 0. The second-order valence-electron chi connectivity index (χ2n) is 6.31. The van der Waals surface area contributed by atoms with Gasteiger partial charge >= 0.3 is 6.03 Å². The summed E-state index contributed by atoms with van der Waals surface area (Å²) < 4.78 is 25.5. The van der Waals surface area contributed by atoms with Gasteiger partial charge in [-0.3, -0.25) is 14.6 Å². The highest BCUT2D eigenvalue weighted by Gasteiger charge is 2.46. The number of hydrogen-bond acceptors (Lipinski definition) is 5. The normalized spacial score (nSPS) is 34.1. The molecular weight excluding hydrogens is 308 g/mol. The van der Waals surface area contributed by atoms with Gasteiger partial charge in [0.25, 0.3) is 0 Å². The van der Waals surface area contributed by atoms with Gasteiger partial charge in [-0.25, -0.2) is 17.5 Å². The van der Waals surface area contributed by atoms with Crippen LogP contribution < -0.4 is 5.32 Å². The van der Waals surface area contributed by atoms with Crippen LogP contribution in [0, 0.1) is 11.8 Å². The van der Waals surface area contributed by atoms with E-state index in [1.807, 2.05) is 0 Å². The van der Waals surface area contributed by atoms with Crippen LogP contribution in [-0.2, 0) is 14.8 Å². The second kappa shape index (κ2) is 5.47. The largest absolute Gasteiger partial charge is 0.325 e. The number of rotatable bonds is 3. The molecule has 3 amide bonds. The summed E-state index contributed by atoms with van der Waals surface area (Å²) in [5, 5.41) is 2.84. The summed E-state index contributed by atoms with van der Waals surface area (Å²) in [6.45, 7) is 4.21. The van der Waals surface area contributed by atoms with E-state index in [0.717, 1.165) is 18.0 Å². The van der Waals surface area contributed by atoms with E-state index in [1.54, 1.807) is 11.2 Å². The Morgan fingerprint density at radius 3 is 2.23 bits per heavy atom. The Morgan fingerprint density at radius 1 is 1.14 bits per heavy atom. The molecule has 9 heteroatoms. The minimum absolute atomic E-state index is 0.135. The molecular formula is C13H22N4O4S. The van der Waals surface area contributed by atoms with Crippen molar-refractivity contribution in [3.63, 3.8) is 0 Å². The molecule has 0 aromatic carbocycles. The van der Waals surface area contributed by atoms with Crippen LogP contribution in [0.4, 0.5) is 4.79 Å². The van der Waals surface area contributed by atoms with Gasteiger partial charge in [0.15, 0.2) is 0 Å². The molecule has 8 nitrogen and oxygen atoms in total. The fraction of sp³-hybridized carbons (Fsp3) is 0.846. The SMILES string of the molecule is CCS(=O)(=O)N1CC2CN(C3CC(=O)N(C)C(=O)N3)CC2C1. The smallest absolute Gasteiger partial charge is 0.322 e. The number of amides is 3. The highest BCUT2D eigenvalue weighted by molar-refractivity contribution is 7.89. The minimum atomic E-state index is -3.12. The zero-order valence-electron chi connectivity index (χ0n) is 12.9. The van der Waals surface area contributed by atoms with Crippen LogP contribution in [-0.4, -0.2) is 79.6 Å². The molecule has 3 aliphatic heterocycles. The van der Waals surface area contributed by atoms with Crippen LogP contribution in [0.1, 0.15) is 13.3 Å². The Balaban J connectivity index is 1.62. The van der Waals surface area contributed by atoms with Crippen LogP contribution in [0.2, 0.25) is 0 Å². The van der Waals surface area contributed by atoms with Gasteiger partial charge in [-0.2, -0.15) is 0 Å². The van der Waals surface area contributed by atoms with Crippen LogP contribution in [0.15, 0.2) is 0 Å². The zero-order valence-corrected chi connectivity index (χ0v) is 13.7. The van der Waals surface area contributed by atoms with Crippen LogP contribution in [0.5, 0.6) is 0 Å². The summed E-state index contributed by atoms with van der Waals surface area (Å²) in [4.78, 5) is 26.7. The quantitative estimate of drug-likeness (QED) is 0.724. The number of nitrogens with one attached hydrogen (secondary N) is 1. The molecule has 0 saturated carbocycles. The molecule has 124 valence electrons. The van der Waals surface area contributed by atoms with Gasteiger partial charge in [0.1, 0.15) is 0 Å². The fourth-order valence-corrected chi connectivity index (χ4v) is 4.78. The van der Waals surface area contributed by atoms with Crippen molar-refractivity contribution < 1.29 is 18.0 Å². The molecule has 3 saturated heterocycles. The van der Waals surface area contributed by atoms with Gasteiger partial charge in [0.05, 0.1) is 18.3 Å². The van der Waals surface area contributed by atoms with Crippen molar-refractivity contribution in [1.82, 2.24) is 19.4 Å². The van der Waals surface area contributed by atoms with E-state index in [-0.39, 0.29) is 42.1 Å². The van der Waals surface area contributed by atoms with E-state index in [4.69, 9.17) is 0 Å². The maximum Gasteiger partial charge on any atom is 0.325 e. The second-order valence-corrected chi connectivity index (χ2v) is 8.57. The van der Waals surface area contributed by atoms with Crippen molar-refractivity contribution in [3.8, 4) is 0 Å². The van der Waals surface area contributed by atoms with E-state index >= 15 is 0 Å². The number of imide groups is 1. The maximum absolute atomic E-state index is 11.9. The first kappa shape index (κ1) is 15.7. The monoisotopic (exact) mass is 330 g/mol. The first-order valence-corrected chi connectivity index (χ1v) is 9.21. The number of sulfonamides is 1. The lowest BCUT2D eigenvalue weighted by atomic mass is 10.0. The van der Waals surface area contributed by atoms with Gasteiger partial charge in [0.2, 0.25) is 15.9 Å². The number of likely N-dealkylation sites (tertiary alicyclic amines) is 1. The van der Waals surface area contributed by atoms with Crippen molar-refractivity contribution in [2.24, 2.45) is 11.8 Å². The number of hydrogen-bond donors (Lipinski definition) is 1. The fourth-order valence-electron chi connectivity index (χ4n) is 3.58. The summed E-state index contributed by atoms with van der Waals surface area (Å²) in [5.74, 6) is 0.525. The van der Waals surface area contributed by atoms with E-state index in [1.165, 1.54) is 7.05 Å². The zero-order chi connectivity index (χ0) is 16.1. The molecule has 3 aliphatic rings. The molecule has 0 spiro atoms. The van der Waals surface area contributed by atoms with Crippen LogP contribution in [0.3, 0.4) is 0 Å². The predicted molar refractivity (Wildman–Crippen MR) is 79.3 cm³/mol. The minimum Gasteiger partial charge on any atom is -0.322 e. The first-order valence-electron chi connectivity index (χ1n) is 7.60. The molecule has 3 heterocycles. The standard InChI is InChI=1S/C13H22N4O4S/c1-3-22(20,21)17-7-9-5-16(6-10(9)8-17)11-4-12(18)15(2)13(19)14-11/h9-11H,3-8H2,1-2H3,(H,14,19). The Bertz CT molecular complexity index is 561. The molecule has 1 N–H and O–H groups in total. The van der Waals surface area contributed by atoms with Gasteiger partial charge in [-0.1, -0.05) is 0 Å². The summed E-state index contributed by atoms with van der Waals surface area (Å²) in [6, 6.07) is -0.367. The lowest BCUT2D eigenvalue weighted by molar-refractivity contribution is -0.130. The van der Waals surface area contributed by atoms with Crippen molar-refractivity contribution >= 4 is 22.0 Å². The Labute approximate surface area is 130 Å². The third kappa shape index (κ3) is 2.61. The van der Waals surface area contributed by atoms with E-state index in [0.29, 0.717) is 13.1 Å².